The van der Waals surface area contributed by atoms with E-state index in [4.69, 9.17) is 42.4 Å². The van der Waals surface area contributed by atoms with E-state index in [0.29, 0.717) is 71.2 Å². The Morgan fingerprint density at radius 2 is 1.25 bits per heavy atom. The lowest BCUT2D eigenvalue weighted by Gasteiger charge is -2.35. The normalized spacial score (nSPS) is 25.8. The Hall–Kier alpha value is -4.59. The number of hydrogen-bond acceptors (Lipinski definition) is 8. The molecule has 2 aromatic carbocycles. The van der Waals surface area contributed by atoms with Crippen molar-refractivity contribution in [3.05, 3.63) is 70.5 Å². The average Bonchev–Trinajstić information content (AvgIpc) is 3.90. The van der Waals surface area contributed by atoms with Crippen LogP contribution >= 0.6 is 23.2 Å². The van der Waals surface area contributed by atoms with Gasteiger partial charge in [-0.2, -0.15) is 0 Å². The number of aromatic amines is 2. The molecule has 0 spiro atoms. The zero-order chi connectivity index (χ0) is 39.7. The second-order valence-corrected chi connectivity index (χ2v) is 17.8. The maximum absolute atomic E-state index is 14.2. The molecular formula is C42H47Cl2N7O6. The second kappa shape index (κ2) is 14.7. The summed E-state index contributed by atoms with van der Waals surface area (Å²) in [4.78, 5) is 59.7. The van der Waals surface area contributed by atoms with Crippen molar-refractivity contribution >= 4 is 41.3 Å². The number of alkyl carbamates (subject to hydrolysis) is 1. The molecule has 15 heteroatoms. The molecule has 9 rings (SSSR count). The Morgan fingerprint density at radius 3 is 1.74 bits per heavy atom. The Balaban J connectivity index is 0.895. The first kappa shape index (κ1) is 38.0. The van der Waals surface area contributed by atoms with E-state index in [-0.39, 0.29) is 42.1 Å². The van der Waals surface area contributed by atoms with Crippen molar-refractivity contribution in [3.63, 3.8) is 0 Å². The van der Waals surface area contributed by atoms with Crippen LogP contribution in [0.2, 0.25) is 10.3 Å². The van der Waals surface area contributed by atoms with E-state index < -0.39 is 17.7 Å². The largest absolute Gasteiger partial charge is 0.453 e. The standard InChI is InChI=1S/C42H47Cl2N7O6/c1-42(2,3)57-41(54)51-29-18-27(29)20-31(51)38-46-33(36(44)49-38)24-11-7-22(8-12-24)21-5-9-23(10-6-21)32-35(43)48-37(45-32)30-19-26-17-28(26)50(30)39(52)34(47-40(53)55-4)25-13-15-56-16-14-25/h5-12,25-31,34H,13-20H2,1-4H3,(H,45,48)(H,46,49)(H,47,53)/t26-,27-,28-,29-,30+,31+,34+/m1/s1. The first-order chi connectivity index (χ1) is 27.4. The molecule has 57 heavy (non-hydrogen) atoms. The number of nitrogens with zero attached hydrogens (tertiary/aromatic N) is 4. The van der Waals surface area contributed by atoms with Gasteiger partial charge in [0.2, 0.25) is 5.91 Å². The summed E-state index contributed by atoms with van der Waals surface area (Å²) in [5.41, 5.74) is 4.60. The third-order valence-electron chi connectivity index (χ3n) is 12.2. The number of carbonyl (C=O) groups excluding carboxylic acids is 3. The number of H-pyrrole nitrogens is 2. The number of fused-ring (bicyclic) bond motifs is 2. The average molecular weight is 817 g/mol. The SMILES string of the molecule is COC(=O)N[C@H](C(=O)N1[C@@H]2C[C@@H]2C[C@H]1c1nc(Cl)c(-c2ccc(-c3ccc(-c4[nH]c([C@@H]5C[C@H]6C[C@H]6N5C(=O)OC(C)(C)C)nc4Cl)cc3)cc2)[nH]1)C1CCOCC1. The third-order valence-corrected chi connectivity index (χ3v) is 12.7. The van der Waals surface area contributed by atoms with Crippen LogP contribution in [-0.4, -0.2) is 91.9 Å². The van der Waals surface area contributed by atoms with E-state index in [1.807, 2.05) is 79.1 Å². The van der Waals surface area contributed by atoms with Gasteiger partial charge in [0.05, 0.1) is 30.6 Å². The summed E-state index contributed by atoms with van der Waals surface area (Å²) in [6.07, 6.45) is 3.98. The number of nitrogens with one attached hydrogen (secondary N) is 3. The number of halogens is 2. The maximum Gasteiger partial charge on any atom is 0.411 e. The summed E-state index contributed by atoms with van der Waals surface area (Å²) < 4.78 is 16.2. The van der Waals surface area contributed by atoms with Crippen molar-refractivity contribution in [1.29, 1.82) is 0 Å². The molecule has 13 nitrogen and oxygen atoms in total. The predicted octanol–water partition coefficient (Wildman–Crippen LogP) is 8.32. The smallest absolute Gasteiger partial charge is 0.411 e. The van der Waals surface area contributed by atoms with Crippen LogP contribution in [0.5, 0.6) is 0 Å². The van der Waals surface area contributed by atoms with Gasteiger partial charge in [-0.3, -0.25) is 9.69 Å². The Morgan fingerprint density at radius 1 is 0.772 bits per heavy atom. The highest BCUT2D eigenvalue weighted by Crippen LogP contribution is 2.55. The Kier molecular flexibility index (Phi) is 9.76. The van der Waals surface area contributed by atoms with Crippen molar-refractivity contribution in [2.45, 2.75) is 95.1 Å². The summed E-state index contributed by atoms with van der Waals surface area (Å²) in [6, 6.07) is 15.3. The minimum atomic E-state index is -0.706. The third kappa shape index (κ3) is 7.38. The Labute approximate surface area is 341 Å². The van der Waals surface area contributed by atoms with Gasteiger partial charge >= 0.3 is 12.2 Å². The van der Waals surface area contributed by atoms with Crippen molar-refractivity contribution < 1.29 is 28.6 Å². The van der Waals surface area contributed by atoms with E-state index >= 15 is 0 Å². The lowest BCUT2D eigenvalue weighted by atomic mass is 9.90. The Bertz CT molecular complexity index is 2180. The van der Waals surface area contributed by atoms with Gasteiger partial charge in [0, 0.05) is 36.4 Å². The molecule has 5 heterocycles. The van der Waals surface area contributed by atoms with Gasteiger partial charge in [0.1, 0.15) is 23.3 Å². The number of benzene rings is 2. The molecule has 0 bridgehead atoms. The van der Waals surface area contributed by atoms with E-state index in [0.717, 1.165) is 47.9 Å². The number of carbonyl (C=O) groups is 3. The van der Waals surface area contributed by atoms with Crippen LogP contribution in [-0.2, 0) is 19.0 Å². The van der Waals surface area contributed by atoms with Gasteiger partial charge < -0.3 is 34.4 Å². The van der Waals surface area contributed by atoms with Crippen LogP contribution in [0.4, 0.5) is 9.59 Å². The molecule has 0 radical (unpaired) electrons. The highest BCUT2D eigenvalue weighted by molar-refractivity contribution is 6.32. The molecule has 3 amide bonds. The fraction of sp³-hybridized carbons (Fsp3) is 0.500. The molecule has 2 aliphatic carbocycles. The maximum atomic E-state index is 14.2. The fourth-order valence-corrected chi connectivity index (χ4v) is 9.66. The van der Waals surface area contributed by atoms with E-state index in [2.05, 4.69) is 20.3 Å². The van der Waals surface area contributed by atoms with E-state index in [9.17, 15) is 14.4 Å². The van der Waals surface area contributed by atoms with Crippen LogP contribution in [0.25, 0.3) is 33.6 Å². The highest BCUT2D eigenvalue weighted by atomic mass is 35.5. The fourth-order valence-electron chi connectivity index (χ4n) is 9.17. The molecule has 4 aromatic rings. The predicted molar refractivity (Wildman–Crippen MR) is 213 cm³/mol. The lowest BCUT2D eigenvalue weighted by molar-refractivity contribution is -0.138. The highest BCUT2D eigenvalue weighted by Gasteiger charge is 2.57. The van der Waals surface area contributed by atoms with Crippen LogP contribution < -0.4 is 5.32 Å². The van der Waals surface area contributed by atoms with Gasteiger partial charge in [-0.05, 0) is 88.2 Å². The number of hydrogen-bond donors (Lipinski definition) is 3. The molecule has 3 N–H and O–H groups in total. The van der Waals surface area contributed by atoms with Crippen molar-refractivity contribution in [3.8, 4) is 33.6 Å². The molecule has 300 valence electrons. The molecule has 0 unspecified atom stereocenters. The number of likely N-dealkylation sites (tertiary alicyclic amines) is 2. The number of piperidine rings is 2. The van der Waals surface area contributed by atoms with Crippen LogP contribution in [0.3, 0.4) is 0 Å². The topological polar surface area (TPSA) is 155 Å². The summed E-state index contributed by atoms with van der Waals surface area (Å²) in [7, 11) is 1.31. The molecule has 2 aromatic heterocycles. The molecule has 3 saturated heterocycles. The lowest BCUT2D eigenvalue weighted by Crippen LogP contribution is -2.54. The summed E-state index contributed by atoms with van der Waals surface area (Å²) in [5, 5.41) is 3.53. The summed E-state index contributed by atoms with van der Waals surface area (Å²) >= 11 is 13.5. The van der Waals surface area contributed by atoms with Crippen molar-refractivity contribution in [2.75, 3.05) is 20.3 Å². The molecule has 5 fully saturated rings. The summed E-state index contributed by atoms with van der Waals surface area (Å²) in [6.45, 7) is 6.73. The van der Waals surface area contributed by atoms with Gasteiger partial charge in [0.25, 0.3) is 0 Å². The van der Waals surface area contributed by atoms with E-state index in [1.54, 1.807) is 0 Å². The van der Waals surface area contributed by atoms with Crippen molar-refractivity contribution in [1.82, 2.24) is 35.1 Å². The zero-order valence-electron chi connectivity index (χ0n) is 32.4. The number of rotatable bonds is 8. The number of amides is 3. The van der Waals surface area contributed by atoms with E-state index in [1.165, 1.54) is 7.11 Å². The van der Waals surface area contributed by atoms with Gasteiger partial charge in [-0.1, -0.05) is 71.7 Å². The summed E-state index contributed by atoms with van der Waals surface area (Å²) in [5.74, 6) is 2.01. The van der Waals surface area contributed by atoms with Crippen molar-refractivity contribution in [2.24, 2.45) is 17.8 Å². The molecular weight excluding hydrogens is 769 g/mol. The molecule has 7 atom stereocenters. The number of methoxy groups -OCH3 is 1. The quantitative estimate of drug-likeness (QED) is 0.160. The van der Waals surface area contributed by atoms with Gasteiger partial charge in [-0.15, -0.1) is 0 Å². The zero-order valence-corrected chi connectivity index (χ0v) is 33.9. The van der Waals surface area contributed by atoms with Gasteiger partial charge in [0.15, 0.2) is 10.3 Å². The second-order valence-electron chi connectivity index (χ2n) is 17.1. The molecule has 2 saturated carbocycles. The first-order valence-corrected chi connectivity index (χ1v) is 20.6. The number of aromatic nitrogens is 4. The minimum absolute atomic E-state index is 0.0453. The monoisotopic (exact) mass is 815 g/mol. The molecule has 5 aliphatic rings. The number of imidazole rings is 2. The molecule has 3 aliphatic heterocycles. The van der Waals surface area contributed by atoms with Crippen LogP contribution in [0, 0.1) is 17.8 Å². The first-order valence-electron chi connectivity index (χ1n) is 19.8. The van der Waals surface area contributed by atoms with Crippen LogP contribution in [0.15, 0.2) is 48.5 Å². The number of ether oxygens (including phenoxy) is 3. The minimum Gasteiger partial charge on any atom is -0.453 e. The van der Waals surface area contributed by atoms with Crippen LogP contribution in [0.1, 0.15) is 83.0 Å². The van der Waals surface area contributed by atoms with Gasteiger partial charge in [-0.25, -0.2) is 19.6 Å².